The SMILES string of the molecule is CN(C(=O)OCC1c2ccccc2-c2ccccc21)[C@H](COCc1ccccc1)C(=O)O. The third-order valence-corrected chi connectivity index (χ3v) is 5.76. The van der Waals surface area contributed by atoms with Gasteiger partial charge >= 0.3 is 12.1 Å². The molecule has 6 nitrogen and oxygen atoms in total. The maximum Gasteiger partial charge on any atom is 0.410 e. The molecule has 4 rings (SSSR count). The number of benzene rings is 3. The van der Waals surface area contributed by atoms with Gasteiger partial charge in [0.15, 0.2) is 6.04 Å². The van der Waals surface area contributed by atoms with Crippen molar-refractivity contribution in [3.8, 4) is 11.1 Å². The van der Waals surface area contributed by atoms with Crippen molar-refractivity contribution in [3.63, 3.8) is 0 Å². The molecular formula is C26H25NO5. The number of carboxylic acids is 1. The highest BCUT2D eigenvalue weighted by atomic mass is 16.6. The van der Waals surface area contributed by atoms with E-state index in [-0.39, 0.29) is 25.7 Å². The molecule has 3 aromatic carbocycles. The van der Waals surface area contributed by atoms with Gasteiger partial charge in [0.1, 0.15) is 6.61 Å². The monoisotopic (exact) mass is 431 g/mol. The first-order chi connectivity index (χ1) is 15.6. The molecule has 0 aromatic heterocycles. The van der Waals surface area contributed by atoms with E-state index in [2.05, 4.69) is 12.1 Å². The summed E-state index contributed by atoms with van der Waals surface area (Å²) < 4.78 is 11.1. The van der Waals surface area contributed by atoms with E-state index in [4.69, 9.17) is 9.47 Å². The lowest BCUT2D eigenvalue weighted by Crippen LogP contribution is -2.45. The molecule has 0 unspecified atom stereocenters. The van der Waals surface area contributed by atoms with Gasteiger partial charge in [-0.15, -0.1) is 0 Å². The van der Waals surface area contributed by atoms with E-state index in [0.717, 1.165) is 32.7 Å². The summed E-state index contributed by atoms with van der Waals surface area (Å²) in [6.45, 7) is 0.266. The van der Waals surface area contributed by atoms with Crippen molar-refractivity contribution < 1.29 is 24.2 Å². The predicted octanol–water partition coefficient (Wildman–Crippen LogP) is 4.54. The summed E-state index contributed by atoms with van der Waals surface area (Å²) in [5.74, 6) is -1.23. The molecule has 0 aliphatic heterocycles. The number of rotatable bonds is 8. The minimum Gasteiger partial charge on any atom is -0.480 e. The highest BCUT2D eigenvalue weighted by Crippen LogP contribution is 2.44. The van der Waals surface area contributed by atoms with Crippen molar-refractivity contribution in [2.45, 2.75) is 18.6 Å². The Morgan fingerprint density at radius 3 is 2.06 bits per heavy atom. The number of hydrogen-bond donors (Lipinski definition) is 1. The Kier molecular flexibility index (Phi) is 6.52. The number of carbonyl (C=O) groups is 2. The van der Waals surface area contributed by atoms with E-state index in [1.165, 1.54) is 7.05 Å². The Balaban J connectivity index is 1.39. The first kappa shape index (κ1) is 21.6. The molecule has 0 saturated carbocycles. The van der Waals surface area contributed by atoms with Crippen molar-refractivity contribution in [1.29, 1.82) is 0 Å². The van der Waals surface area contributed by atoms with Gasteiger partial charge in [-0.3, -0.25) is 4.90 Å². The maximum absolute atomic E-state index is 12.7. The zero-order valence-corrected chi connectivity index (χ0v) is 17.8. The quantitative estimate of drug-likeness (QED) is 0.567. The minimum atomic E-state index is -1.14. The van der Waals surface area contributed by atoms with Crippen molar-refractivity contribution in [3.05, 3.63) is 95.6 Å². The van der Waals surface area contributed by atoms with Crippen LogP contribution in [0.4, 0.5) is 4.79 Å². The molecule has 1 aliphatic carbocycles. The standard InChI is InChI=1S/C26H25NO5/c1-27(24(25(28)29)17-31-15-18-9-3-2-4-10-18)26(30)32-16-23-21-13-7-5-11-19(21)20-12-6-8-14-22(20)23/h2-14,23-24H,15-17H2,1H3,(H,28,29)/t24-/m1/s1. The smallest absolute Gasteiger partial charge is 0.410 e. The predicted molar refractivity (Wildman–Crippen MR) is 120 cm³/mol. The van der Waals surface area contributed by atoms with Crippen LogP contribution in [0.2, 0.25) is 0 Å². The molecule has 3 aromatic rings. The second kappa shape index (κ2) is 9.66. The van der Waals surface area contributed by atoms with E-state index < -0.39 is 18.1 Å². The lowest BCUT2D eigenvalue weighted by Gasteiger charge is -2.25. The minimum absolute atomic E-state index is 0.0858. The Morgan fingerprint density at radius 2 is 1.47 bits per heavy atom. The molecule has 0 spiro atoms. The van der Waals surface area contributed by atoms with Crippen molar-refractivity contribution in [1.82, 2.24) is 4.90 Å². The lowest BCUT2D eigenvalue weighted by atomic mass is 9.98. The summed E-state index contributed by atoms with van der Waals surface area (Å²) in [6, 6.07) is 24.4. The lowest BCUT2D eigenvalue weighted by molar-refractivity contribution is -0.144. The van der Waals surface area contributed by atoms with Gasteiger partial charge in [0.25, 0.3) is 0 Å². The number of likely N-dealkylation sites (N-methyl/N-ethyl adjacent to an activating group) is 1. The van der Waals surface area contributed by atoms with Crippen LogP contribution >= 0.6 is 0 Å². The van der Waals surface area contributed by atoms with Crippen molar-refractivity contribution >= 4 is 12.1 Å². The van der Waals surface area contributed by atoms with Crippen molar-refractivity contribution in [2.75, 3.05) is 20.3 Å². The molecule has 0 saturated heterocycles. The Hall–Kier alpha value is -3.64. The highest BCUT2D eigenvalue weighted by molar-refractivity contribution is 5.81. The van der Waals surface area contributed by atoms with Gasteiger partial charge in [-0.25, -0.2) is 9.59 Å². The number of aliphatic carboxylic acids is 1. The van der Waals surface area contributed by atoms with Gasteiger partial charge in [-0.2, -0.15) is 0 Å². The van der Waals surface area contributed by atoms with Gasteiger partial charge in [0, 0.05) is 13.0 Å². The maximum atomic E-state index is 12.7. The summed E-state index contributed by atoms with van der Waals surface area (Å²) >= 11 is 0. The molecule has 1 atom stereocenters. The topological polar surface area (TPSA) is 76.1 Å². The van der Waals surface area contributed by atoms with Gasteiger partial charge in [-0.05, 0) is 27.8 Å². The van der Waals surface area contributed by atoms with Crippen LogP contribution in [0.5, 0.6) is 0 Å². The van der Waals surface area contributed by atoms with E-state index >= 15 is 0 Å². The average molecular weight is 431 g/mol. The van der Waals surface area contributed by atoms with Crippen LogP contribution in [0.15, 0.2) is 78.9 Å². The fraction of sp³-hybridized carbons (Fsp3) is 0.231. The number of nitrogens with zero attached hydrogens (tertiary/aromatic N) is 1. The molecule has 0 radical (unpaired) electrons. The zero-order chi connectivity index (χ0) is 22.5. The van der Waals surface area contributed by atoms with Gasteiger partial charge in [-0.1, -0.05) is 78.9 Å². The molecular weight excluding hydrogens is 406 g/mol. The largest absolute Gasteiger partial charge is 0.480 e. The summed E-state index contributed by atoms with van der Waals surface area (Å²) in [4.78, 5) is 25.5. The Labute approximate surface area is 187 Å². The average Bonchev–Trinajstić information content (AvgIpc) is 3.14. The summed E-state index contributed by atoms with van der Waals surface area (Å²) in [6.07, 6.45) is -0.692. The van der Waals surface area contributed by atoms with Gasteiger partial charge in [0.05, 0.1) is 13.2 Å². The Morgan fingerprint density at radius 1 is 0.906 bits per heavy atom. The third-order valence-electron chi connectivity index (χ3n) is 5.76. The summed E-state index contributed by atoms with van der Waals surface area (Å²) in [5.41, 5.74) is 5.40. The third kappa shape index (κ3) is 4.50. The molecule has 1 amide bonds. The normalized spacial score (nSPS) is 13.2. The van der Waals surface area contributed by atoms with Gasteiger partial charge in [0.2, 0.25) is 0 Å². The fourth-order valence-corrected chi connectivity index (χ4v) is 4.03. The van der Waals surface area contributed by atoms with Crippen molar-refractivity contribution in [2.24, 2.45) is 0 Å². The molecule has 1 aliphatic rings. The van der Waals surface area contributed by atoms with Crippen LogP contribution in [-0.4, -0.2) is 48.4 Å². The first-order valence-corrected chi connectivity index (χ1v) is 10.5. The van der Waals surface area contributed by atoms with Crippen LogP contribution in [0, 0.1) is 0 Å². The Bertz CT molecular complexity index is 1050. The fourth-order valence-electron chi connectivity index (χ4n) is 4.03. The molecule has 32 heavy (non-hydrogen) atoms. The zero-order valence-electron chi connectivity index (χ0n) is 17.8. The van der Waals surface area contributed by atoms with Crippen LogP contribution in [0.25, 0.3) is 11.1 Å². The number of fused-ring (bicyclic) bond motifs is 3. The molecule has 0 bridgehead atoms. The second-order valence-electron chi connectivity index (χ2n) is 7.77. The van der Waals surface area contributed by atoms with E-state index in [1.807, 2.05) is 66.7 Å². The molecule has 0 fully saturated rings. The van der Waals surface area contributed by atoms with Crippen LogP contribution < -0.4 is 0 Å². The van der Waals surface area contributed by atoms with Crippen LogP contribution in [0.1, 0.15) is 22.6 Å². The molecule has 164 valence electrons. The van der Waals surface area contributed by atoms with Crippen LogP contribution in [-0.2, 0) is 20.9 Å². The summed E-state index contributed by atoms with van der Waals surface area (Å²) in [5, 5.41) is 9.60. The molecule has 0 heterocycles. The molecule has 6 heteroatoms. The van der Waals surface area contributed by atoms with Crippen LogP contribution in [0.3, 0.4) is 0 Å². The summed E-state index contributed by atoms with van der Waals surface area (Å²) in [7, 11) is 1.42. The number of amides is 1. The van der Waals surface area contributed by atoms with E-state index in [0.29, 0.717) is 0 Å². The number of carbonyl (C=O) groups excluding carboxylic acids is 1. The second-order valence-corrected chi connectivity index (χ2v) is 7.77. The number of carboxylic acid groups (broad SMARTS) is 1. The number of hydrogen-bond acceptors (Lipinski definition) is 4. The van der Waals surface area contributed by atoms with E-state index in [1.54, 1.807) is 0 Å². The van der Waals surface area contributed by atoms with E-state index in [9.17, 15) is 14.7 Å². The first-order valence-electron chi connectivity index (χ1n) is 10.5. The number of ether oxygens (including phenoxy) is 2. The van der Waals surface area contributed by atoms with Gasteiger partial charge < -0.3 is 14.6 Å². The molecule has 1 N–H and O–H groups in total. The highest BCUT2D eigenvalue weighted by Gasteiger charge is 2.32.